The summed E-state index contributed by atoms with van der Waals surface area (Å²) >= 11 is 0. The molecule has 0 fully saturated rings. The van der Waals surface area contributed by atoms with Crippen molar-refractivity contribution in [2.45, 2.75) is 6.61 Å². The number of hydrogen-bond acceptors (Lipinski definition) is 3. The lowest BCUT2D eigenvalue weighted by Gasteiger charge is -2.10. The zero-order valence-corrected chi connectivity index (χ0v) is 11.6. The molecule has 2 rings (SSSR count). The van der Waals surface area contributed by atoms with Gasteiger partial charge >= 0.3 is 5.97 Å². The quantitative estimate of drug-likeness (QED) is 0.370. The molecule has 0 aliphatic rings. The van der Waals surface area contributed by atoms with Gasteiger partial charge in [-0.3, -0.25) is 0 Å². The van der Waals surface area contributed by atoms with Gasteiger partial charge in [0, 0.05) is 0 Å². The van der Waals surface area contributed by atoms with E-state index in [1.54, 1.807) is 6.07 Å². The van der Waals surface area contributed by atoms with Crippen LogP contribution in [0.5, 0.6) is 5.75 Å². The second-order valence-electron chi connectivity index (χ2n) is 4.32. The van der Waals surface area contributed by atoms with Crippen LogP contribution in [0.25, 0.3) is 0 Å². The van der Waals surface area contributed by atoms with Crippen molar-refractivity contribution in [2.24, 2.45) is 0 Å². The minimum atomic E-state index is -2.28. The largest absolute Gasteiger partial charge is 0.496 e. The zero-order valence-electron chi connectivity index (χ0n) is 11.6. The maximum atomic E-state index is 13.5. The molecule has 0 radical (unpaired) electrons. The number of halogens is 5. The summed E-state index contributed by atoms with van der Waals surface area (Å²) in [5, 5.41) is 0. The molecule has 0 aliphatic heterocycles. The van der Waals surface area contributed by atoms with Gasteiger partial charge in [0.25, 0.3) is 0 Å². The lowest BCUT2D eigenvalue weighted by Crippen LogP contribution is -2.12. The van der Waals surface area contributed by atoms with E-state index in [-0.39, 0.29) is 11.3 Å². The Labute approximate surface area is 127 Å². The van der Waals surface area contributed by atoms with Crippen molar-refractivity contribution in [2.75, 3.05) is 7.11 Å². The summed E-state index contributed by atoms with van der Waals surface area (Å²) in [6.45, 7) is -1.12. The molecule has 0 heterocycles. The predicted molar refractivity (Wildman–Crippen MR) is 68.3 cm³/mol. The Morgan fingerprint density at radius 3 is 2.00 bits per heavy atom. The van der Waals surface area contributed by atoms with Crippen molar-refractivity contribution < 1.29 is 36.2 Å². The van der Waals surface area contributed by atoms with Crippen LogP contribution < -0.4 is 4.74 Å². The fourth-order valence-electron chi connectivity index (χ4n) is 1.81. The number of para-hydroxylation sites is 1. The first kappa shape index (κ1) is 16.7. The van der Waals surface area contributed by atoms with Crippen LogP contribution in [0.4, 0.5) is 22.0 Å². The lowest BCUT2D eigenvalue weighted by molar-refractivity contribution is 0.0458. The molecule has 0 saturated heterocycles. The van der Waals surface area contributed by atoms with Crippen LogP contribution in [0.3, 0.4) is 0 Å². The highest BCUT2D eigenvalue weighted by Gasteiger charge is 2.26. The number of ether oxygens (including phenoxy) is 2. The molecule has 8 heteroatoms. The molecule has 0 aliphatic carbocycles. The number of carbonyl (C=O) groups is 1. The van der Waals surface area contributed by atoms with Crippen LogP contribution in [-0.4, -0.2) is 13.1 Å². The molecule has 0 spiro atoms. The van der Waals surface area contributed by atoms with Crippen LogP contribution in [0.2, 0.25) is 0 Å². The molecule has 0 aromatic heterocycles. The first-order valence-corrected chi connectivity index (χ1v) is 6.19. The number of esters is 1. The summed E-state index contributed by atoms with van der Waals surface area (Å²) in [5.74, 6) is -11.5. The van der Waals surface area contributed by atoms with Gasteiger partial charge in [0.2, 0.25) is 5.82 Å². The molecule has 3 nitrogen and oxygen atoms in total. The van der Waals surface area contributed by atoms with Crippen LogP contribution in [0.15, 0.2) is 24.3 Å². The molecular weight excluding hydrogens is 323 g/mol. The van der Waals surface area contributed by atoms with E-state index in [0.29, 0.717) is 0 Å². The van der Waals surface area contributed by atoms with Gasteiger partial charge in [-0.05, 0) is 12.1 Å². The number of methoxy groups -OCH3 is 1. The van der Waals surface area contributed by atoms with Crippen molar-refractivity contribution in [3.8, 4) is 5.75 Å². The van der Waals surface area contributed by atoms with Crippen LogP contribution in [-0.2, 0) is 11.3 Å². The van der Waals surface area contributed by atoms with E-state index in [0.717, 1.165) is 0 Å². The predicted octanol–water partition coefficient (Wildman–Crippen LogP) is 3.75. The lowest BCUT2D eigenvalue weighted by atomic mass is 10.1. The second-order valence-corrected chi connectivity index (χ2v) is 4.32. The number of hydrogen-bond donors (Lipinski definition) is 0. The average Bonchev–Trinajstić information content (AvgIpc) is 2.57. The Hall–Kier alpha value is -2.64. The molecule has 0 amide bonds. The number of carbonyl (C=O) groups excluding carboxylic acids is 1. The van der Waals surface area contributed by atoms with Gasteiger partial charge in [-0.25, -0.2) is 26.7 Å². The van der Waals surface area contributed by atoms with Gasteiger partial charge in [0.15, 0.2) is 23.3 Å². The minimum absolute atomic E-state index is 0.0566. The molecule has 0 atom stereocenters. The summed E-state index contributed by atoms with van der Waals surface area (Å²) in [7, 11) is 1.29. The van der Waals surface area contributed by atoms with Gasteiger partial charge in [0.05, 0.1) is 12.7 Å². The SMILES string of the molecule is COc1ccccc1C(=O)OCc1c(F)c(F)c(F)c(F)c1F. The van der Waals surface area contributed by atoms with E-state index in [9.17, 15) is 26.7 Å². The molecule has 0 N–H and O–H groups in total. The van der Waals surface area contributed by atoms with Gasteiger partial charge in [-0.1, -0.05) is 12.1 Å². The van der Waals surface area contributed by atoms with Crippen molar-refractivity contribution in [3.63, 3.8) is 0 Å². The third-order valence-electron chi connectivity index (χ3n) is 2.98. The van der Waals surface area contributed by atoms with Crippen LogP contribution in [0.1, 0.15) is 15.9 Å². The highest BCUT2D eigenvalue weighted by molar-refractivity contribution is 5.92. The Morgan fingerprint density at radius 1 is 0.913 bits per heavy atom. The second kappa shape index (κ2) is 6.64. The van der Waals surface area contributed by atoms with Crippen LogP contribution >= 0.6 is 0 Å². The van der Waals surface area contributed by atoms with Crippen molar-refractivity contribution in [1.82, 2.24) is 0 Å². The summed E-state index contributed by atoms with van der Waals surface area (Å²) < 4.78 is 75.4. The number of rotatable bonds is 4. The standard InChI is InChI=1S/C15H9F5O3/c1-22-9-5-3-2-4-7(9)15(21)23-6-8-10(16)12(18)14(20)13(19)11(8)17/h2-5H,6H2,1H3. The molecular formula is C15H9F5O3. The molecule has 0 bridgehead atoms. The summed E-state index contributed by atoms with van der Waals surface area (Å²) in [5.41, 5.74) is -1.29. The summed E-state index contributed by atoms with van der Waals surface area (Å²) in [4.78, 5) is 11.8. The highest BCUT2D eigenvalue weighted by atomic mass is 19.2. The monoisotopic (exact) mass is 332 g/mol. The van der Waals surface area contributed by atoms with Crippen molar-refractivity contribution >= 4 is 5.97 Å². The van der Waals surface area contributed by atoms with Gasteiger partial charge in [0.1, 0.15) is 17.9 Å². The maximum Gasteiger partial charge on any atom is 0.342 e. The fraction of sp³-hybridized carbons (Fsp3) is 0.133. The summed E-state index contributed by atoms with van der Waals surface area (Å²) in [6.07, 6.45) is 0. The van der Waals surface area contributed by atoms with E-state index in [1.807, 2.05) is 0 Å². The fourth-order valence-corrected chi connectivity index (χ4v) is 1.81. The van der Waals surface area contributed by atoms with E-state index >= 15 is 0 Å². The summed E-state index contributed by atoms with van der Waals surface area (Å²) in [6, 6.07) is 5.81. The van der Waals surface area contributed by atoms with Crippen molar-refractivity contribution in [3.05, 3.63) is 64.5 Å². The van der Waals surface area contributed by atoms with Gasteiger partial charge in [-0.2, -0.15) is 0 Å². The normalized spacial score (nSPS) is 10.5. The molecule has 2 aromatic rings. The molecule has 0 unspecified atom stereocenters. The van der Waals surface area contributed by atoms with E-state index in [2.05, 4.69) is 4.74 Å². The molecule has 122 valence electrons. The van der Waals surface area contributed by atoms with E-state index < -0.39 is 47.2 Å². The Kier molecular flexibility index (Phi) is 4.83. The number of benzene rings is 2. The Bertz CT molecular complexity index is 732. The van der Waals surface area contributed by atoms with Gasteiger partial charge < -0.3 is 9.47 Å². The van der Waals surface area contributed by atoms with E-state index in [1.165, 1.54) is 25.3 Å². The molecule has 23 heavy (non-hydrogen) atoms. The van der Waals surface area contributed by atoms with Crippen LogP contribution in [0, 0.1) is 29.1 Å². The van der Waals surface area contributed by atoms with Gasteiger partial charge in [-0.15, -0.1) is 0 Å². The average molecular weight is 332 g/mol. The maximum absolute atomic E-state index is 13.5. The molecule has 0 saturated carbocycles. The highest BCUT2D eigenvalue weighted by Crippen LogP contribution is 2.24. The smallest absolute Gasteiger partial charge is 0.342 e. The minimum Gasteiger partial charge on any atom is -0.496 e. The first-order chi connectivity index (χ1) is 10.9. The molecule has 2 aromatic carbocycles. The third kappa shape index (κ3) is 3.10. The van der Waals surface area contributed by atoms with Crippen molar-refractivity contribution in [1.29, 1.82) is 0 Å². The third-order valence-corrected chi connectivity index (χ3v) is 2.98. The topological polar surface area (TPSA) is 35.5 Å². The van der Waals surface area contributed by atoms with E-state index in [4.69, 9.17) is 4.74 Å². The zero-order chi connectivity index (χ0) is 17.1. The Balaban J connectivity index is 2.26. The Morgan fingerprint density at radius 2 is 1.43 bits per heavy atom. The first-order valence-electron chi connectivity index (χ1n) is 6.19.